The summed E-state index contributed by atoms with van der Waals surface area (Å²) in [5.41, 5.74) is 4.75. The molecule has 39 heavy (non-hydrogen) atoms. The number of benzene rings is 3. The third-order valence-corrected chi connectivity index (χ3v) is 7.70. The molecule has 0 radical (unpaired) electrons. The van der Waals surface area contributed by atoms with Crippen LogP contribution < -0.4 is 9.80 Å². The van der Waals surface area contributed by atoms with Crippen LogP contribution in [0.5, 0.6) is 0 Å². The Morgan fingerprint density at radius 3 is 2.62 bits per heavy atom. The first-order chi connectivity index (χ1) is 18.7. The number of anilines is 4. The molecule has 7 rings (SSSR count). The molecular formula is C32H22N5PtS-3. The molecule has 0 saturated carbocycles. The zero-order valence-corrected chi connectivity index (χ0v) is 24.0. The van der Waals surface area contributed by atoms with Crippen LogP contribution in [0.25, 0.3) is 31.4 Å². The summed E-state index contributed by atoms with van der Waals surface area (Å²) in [4.78, 5) is 15.7. The minimum absolute atomic E-state index is 0. The van der Waals surface area contributed by atoms with Crippen molar-refractivity contribution in [3.8, 4) is 11.3 Å². The third kappa shape index (κ3) is 4.71. The van der Waals surface area contributed by atoms with Crippen LogP contribution in [0.1, 0.15) is 0 Å². The Bertz CT molecular complexity index is 1800. The topological polar surface area (TPSA) is 35.5 Å². The number of rotatable bonds is 5. The Balaban J connectivity index is 0.00000277. The molecule has 6 aromatic rings. The molecule has 0 spiro atoms. The van der Waals surface area contributed by atoms with Gasteiger partial charge in [0.15, 0.2) is 0 Å². The molecule has 5 nitrogen and oxygen atoms in total. The SMILES string of the molecule is CN1C=CN(c2[c-]c(N(c3ccccc3)c3cccc(-c4[c-]ccc5c4sc4cnccc45)n3)ccc2)[CH-]1.[Pt]. The predicted octanol–water partition coefficient (Wildman–Crippen LogP) is 7.92. The molecule has 0 atom stereocenters. The van der Waals surface area contributed by atoms with Crippen LogP contribution >= 0.6 is 11.3 Å². The second kappa shape index (κ2) is 10.6. The average molecular weight is 704 g/mol. The maximum Gasteiger partial charge on any atom is 0.126 e. The monoisotopic (exact) mass is 703 g/mol. The van der Waals surface area contributed by atoms with E-state index in [1.165, 1.54) is 15.5 Å². The van der Waals surface area contributed by atoms with Crippen molar-refractivity contribution in [1.29, 1.82) is 0 Å². The van der Waals surface area contributed by atoms with Crippen molar-refractivity contribution in [2.24, 2.45) is 0 Å². The Hall–Kier alpha value is -3.99. The second-order valence-corrected chi connectivity index (χ2v) is 10.1. The van der Waals surface area contributed by atoms with Crippen LogP contribution in [-0.4, -0.2) is 21.9 Å². The summed E-state index contributed by atoms with van der Waals surface area (Å²) in [6.07, 6.45) is 7.82. The van der Waals surface area contributed by atoms with Gasteiger partial charge in [0, 0.05) is 43.8 Å². The van der Waals surface area contributed by atoms with Gasteiger partial charge in [-0.05, 0) is 59.5 Å². The molecule has 3 aromatic heterocycles. The molecule has 0 unspecified atom stereocenters. The van der Waals surface area contributed by atoms with E-state index in [0.29, 0.717) is 0 Å². The number of pyridine rings is 2. The Labute approximate surface area is 245 Å². The summed E-state index contributed by atoms with van der Waals surface area (Å²) < 4.78 is 2.33. The molecule has 7 heteroatoms. The fourth-order valence-electron chi connectivity index (χ4n) is 4.76. The Kier molecular flexibility index (Phi) is 6.90. The van der Waals surface area contributed by atoms with Gasteiger partial charge in [-0.1, -0.05) is 41.4 Å². The van der Waals surface area contributed by atoms with E-state index in [2.05, 4.69) is 81.5 Å². The molecule has 1 aliphatic heterocycles. The van der Waals surface area contributed by atoms with Crippen LogP contribution in [0.3, 0.4) is 0 Å². The Morgan fingerprint density at radius 2 is 1.77 bits per heavy atom. The van der Waals surface area contributed by atoms with Crippen molar-refractivity contribution < 1.29 is 21.1 Å². The van der Waals surface area contributed by atoms with Gasteiger partial charge in [-0.3, -0.25) is 9.97 Å². The van der Waals surface area contributed by atoms with Gasteiger partial charge in [0.05, 0.1) is 0 Å². The number of para-hydroxylation sites is 1. The molecule has 0 amide bonds. The molecule has 0 fully saturated rings. The van der Waals surface area contributed by atoms with Crippen molar-refractivity contribution in [2.45, 2.75) is 0 Å². The smallest absolute Gasteiger partial charge is 0.126 e. The minimum atomic E-state index is 0. The number of aromatic nitrogens is 2. The van der Waals surface area contributed by atoms with Crippen LogP contribution in [0.15, 0.2) is 110 Å². The van der Waals surface area contributed by atoms with Crippen molar-refractivity contribution in [3.63, 3.8) is 0 Å². The zero-order chi connectivity index (χ0) is 25.5. The summed E-state index contributed by atoms with van der Waals surface area (Å²) >= 11 is 1.73. The zero-order valence-electron chi connectivity index (χ0n) is 20.9. The molecule has 194 valence electrons. The fraction of sp³-hybridized carbons (Fsp3) is 0.0312. The van der Waals surface area contributed by atoms with Crippen molar-refractivity contribution in [3.05, 3.63) is 129 Å². The van der Waals surface area contributed by atoms with Crippen LogP contribution in [-0.2, 0) is 21.1 Å². The number of fused-ring (bicyclic) bond motifs is 3. The summed E-state index contributed by atoms with van der Waals surface area (Å²) in [7, 11) is 2.01. The van der Waals surface area contributed by atoms with Gasteiger partial charge in [-0.25, -0.2) is 0 Å². The van der Waals surface area contributed by atoms with Gasteiger partial charge in [0.2, 0.25) is 0 Å². The molecule has 1 aliphatic rings. The maximum atomic E-state index is 5.18. The van der Waals surface area contributed by atoms with Crippen molar-refractivity contribution in [2.75, 3.05) is 16.8 Å². The molecule has 3 aromatic carbocycles. The minimum Gasteiger partial charge on any atom is -0.510 e. The van der Waals surface area contributed by atoms with E-state index in [-0.39, 0.29) is 21.1 Å². The van der Waals surface area contributed by atoms with E-state index in [0.717, 1.165) is 38.8 Å². The molecule has 0 aliphatic carbocycles. The number of nitrogens with zero attached hydrogens (tertiary/aromatic N) is 5. The van der Waals surface area contributed by atoms with Gasteiger partial charge in [0.25, 0.3) is 0 Å². The summed E-state index contributed by atoms with van der Waals surface area (Å²) in [6.45, 7) is 2.03. The summed E-state index contributed by atoms with van der Waals surface area (Å²) in [5, 5.41) is 2.41. The van der Waals surface area contributed by atoms with E-state index in [4.69, 9.17) is 4.98 Å². The van der Waals surface area contributed by atoms with Crippen molar-refractivity contribution >= 4 is 54.4 Å². The normalized spacial score (nSPS) is 12.7. The summed E-state index contributed by atoms with van der Waals surface area (Å²) in [5.74, 6) is 0.813. The molecule has 0 N–H and O–H groups in total. The largest absolute Gasteiger partial charge is 0.510 e. The third-order valence-electron chi connectivity index (χ3n) is 6.52. The fourth-order valence-corrected chi connectivity index (χ4v) is 5.94. The number of hydrogen-bond donors (Lipinski definition) is 0. The average Bonchev–Trinajstić information content (AvgIpc) is 3.58. The first-order valence-electron chi connectivity index (χ1n) is 12.3. The number of thiophene rings is 1. The van der Waals surface area contributed by atoms with Gasteiger partial charge >= 0.3 is 0 Å². The van der Waals surface area contributed by atoms with Crippen LogP contribution in [0, 0.1) is 18.8 Å². The van der Waals surface area contributed by atoms with E-state index in [9.17, 15) is 0 Å². The molecular weight excluding hydrogens is 682 g/mol. The van der Waals surface area contributed by atoms with E-state index >= 15 is 0 Å². The number of hydrogen-bond acceptors (Lipinski definition) is 6. The van der Waals surface area contributed by atoms with E-state index in [1.54, 1.807) is 11.3 Å². The molecule has 0 saturated heterocycles. The van der Waals surface area contributed by atoms with Crippen LogP contribution in [0.2, 0.25) is 0 Å². The van der Waals surface area contributed by atoms with Crippen molar-refractivity contribution in [1.82, 2.24) is 14.9 Å². The quantitative estimate of drug-likeness (QED) is 0.171. The second-order valence-electron chi connectivity index (χ2n) is 9.03. The maximum absolute atomic E-state index is 5.18. The predicted molar refractivity (Wildman–Crippen MR) is 156 cm³/mol. The standard InChI is InChI=1S/C32H22N5S.Pt/c1-35-18-19-36(22-35)24-10-5-11-25(20-24)37(23-8-3-2-4-9-23)31-15-7-14-29(34-31)28-13-6-12-27-26-16-17-33-21-30(26)38-32(27)28;/h2-12,14-19,21-22H,1H3;/q-3;. The van der Waals surface area contributed by atoms with E-state index < -0.39 is 0 Å². The van der Waals surface area contributed by atoms with Crippen LogP contribution in [0.4, 0.5) is 22.9 Å². The summed E-state index contributed by atoms with van der Waals surface area (Å²) in [6, 6.07) is 35.9. The first kappa shape index (κ1) is 25.3. The molecule has 0 bridgehead atoms. The van der Waals surface area contributed by atoms with Gasteiger partial charge in [-0.15, -0.1) is 47.6 Å². The van der Waals surface area contributed by atoms with E-state index in [1.807, 2.05) is 73.7 Å². The van der Waals surface area contributed by atoms with Gasteiger partial charge < -0.3 is 14.7 Å². The Morgan fingerprint density at radius 1 is 0.897 bits per heavy atom. The first-order valence-corrected chi connectivity index (χ1v) is 13.1. The molecule has 4 heterocycles. The van der Waals surface area contributed by atoms with Gasteiger partial charge in [-0.2, -0.15) is 24.1 Å². The van der Waals surface area contributed by atoms with Gasteiger partial charge in [0.1, 0.15) is 5.82 Å².